The number of hydrogen-bond donors (Lipinski definition) is 2. The Morgan fingerprint density at radius 3 is 2.36 bits per heavy atom. The number of amides is 1. The predicted octanol–water partition coefficient (Wildman–Crippen LogP) is 0.943. The Labute approximate surface area is 147 Å². The zero-order valence-corrected chi connectivity index (χ0v) is 15.0. The summed E-state index contributed by atoms with van der Waals surface area (Å²) in [6, 6.07) is 9.03. The molecule has 25 heavy (non-hydrogen) atoms. The Bertz CT molecular complexity index is 732. The molecule has 0 saturated heterocycles. The normalized spacial score (nSPS) is 11.9. The highest BCUT2D eigenvalue weighted by Crippen LogP contribution is 2.21. The van der Waals surface area contributed by atoms with Gasteiger partial charge in [-0.1, -0.05) is 12.1 Å². The maximum absolute atomic E-state index is 12.3. The van der Waals surface area contributed by atoms with Crippen LogP contribution in [0.25, 0.3) is 11.3 Å². The molecule has 0 saturated carbocycles. The molecule has 0 spiro atoms. The molecule has 0 aliphatic heterocycles. The van der Waals surface area contributed by atoms with Crippen molar-refractivity contribution in [1.82, 2.24) is 14.9 Å². The number of anilines is 1. The number of rotatable bonds is 6. The van der Waals surface area contributed by atoms with Crippen LogP contribution in [0.2, 0.25) is 0 Å². The number of carbonyl (C=O) groups excluding carboxylic acids is 1. The number of likely N-dealkylation sites (N-methyl/N-ethyl adjacent to an activating group) is 1. The average Bonchev–Trinajstić information content (AvgIpc) is 2.60. The van der Waals surface area contributed by atoms with Crippen molar-refractivity contribution in [1.29, 1.82) is 0 Å². The quantitative estimate of drug-likeness (QED) is 0.811. The molecule has 7 heteroatoms. The van der Waals surface area contributed by atoms with Crippen molar-refractivity contribution in [2.24, 2.45) is 0 Å². The van der Waals surface area contributed by atoms with Crippen LogP contribution < -0.4 is 4.90 Å². The van der Waals surface area contributed by atoms with Gasteiger partial charge in [-0.3, -0.25) is 4.79 Å². The molecule has 0 aliphatic carbocycles. The molecule has 0 radical (unpaired) electrons. The van der Waals surface area contributed by atoms with Crippen molar-refractivity contribution in [3.8, 4) is 11.3 Å². The van der Waals surface area contributed by atoms with E-state index in [4.69, 9.17) is 5.11 Å². The minimum atomic E-state index is -0.943. The molecular formula is C18H24N4O3. The van der Waals surface area contributed by atoms with Gasteiger partial charge in [0.05, 0.1) is 18.4 Å². The van der Waals surface area contributed by atoms with E-state index in [1.54, 1.807) is 19.2 Å². The molecule has 0 aliphatic rings. The predicted molar refractivity (Wildman–Crippen MR) is 96.6 cm³/mol. The Morgan fingerprint density at radius 2 is 1.80 bits per heavy atom. The fourth-order valence-electron chi connectivity index (χ4n) is 2.36. The van der Waals surface area contributed by atoms with Crippen LogP contribution in [0.15, 0.2) is 30.3 Å². The molecule has 7 nitrogen and oxygen atoms in total. The zero-order chi connectivity index (χ0) is 18.6. The number of aryl methyl sites for hydroxylation is 1. The molecule has 1 aromatic carbocycles. The first-order valence-electron chi connectivity index (χ1n) is 7.99. The molecular weight excluding hydrogens is 320 g/mol. The molecule has 1 heterocycles. The van der Waals surface area contributed by atoms with Gasteiger partial charge in [0.2, 0.25) is 5.95 Å². The number of benzene rings is 1. The lowest BCUT2D eigenvalue weighted by Gasteiger charge is -2.20. The maximum Gasteiger partial charge on any atom is 0.253 e. The Balaban J connectivity index is 2.21. The van der Waals surface area contributed by atoms with Crippen molar-refractivity contribution < 1.29 is 15.0 Å². The molecule has 2 rings (SSSR count). The second-order valence-electron chi connectivity index (χ2n) is 6.19. The summed E-state index contributed by atoms with van der Waals surface area (Å²) in [6.07, 6.45) is -0.943. The first kappa shape index (κ1) is 18.8. The SMILES string of the molecule is Cc1cc(-c2ccc(C(=O)N(C)CC(O)CO)cc2)nc(N(C)C)n1. The minimum absolute atomic E-state index is 0.0778. The second-order valence-corrected chi connectivity index (χ2v) is 6.19. The first-order chi connectivity index (χ1) is 11.8. The first-order valence-corrected chi connectivity index (χ1v) is 7.99. The standard InChI is InChI=1S/C18H24N4O3/c1-12-9-16(20-18(19-12)21(2)3)13-5-7-14(8-6-13)17(25)22(4)10-15(24)11-23/h5-9,15,23-24H,10-11H2,1-4H3. The van der Waals surface area contributed by atoms with Crippen LogP contribution in [0.3, 0.4) is 0 Å². The number of aliphatic hydroxyl groups is 2. The van der Waals surface area contributed by atoms with Crippen LogP contribution in [0, 0.1) is 6.92 Å². The Morgan fingerprint density at radius 1 is 1.16 bits per heavy atom. The van der Waals surface area contributed by atoms with Gasteiger partial charge in [0.25, 0.3) is 5.91 Å². The van der Waals surface area contributed by atoms with Gasteiger partial charge >= 0.3 is 0 Å². The van der Waals surface area contributed by atoms with Gasteiger partial charge in [-0.25, -0.2) is 9.97 Å². The molecule has 0 fully saturated rings. The van der Waals surface area contributed by atoms with Crippen molar-refractivity contribution in [3.05, 3.63) is 41.6 Å². The van der Waals surface area contributed by atoms with E-state index in [1.807, 2.05) is 44.1 Å². The van der Waals surface area contributed by atoms with Gasteiger partial charge in [-0.15, -0.1) is 0 Å². The average molecular weight is 344 g/mol. The largest absolute Gasteiger partial charge is 0.394 e. The second kappa shape index (κ2) is 8.04. The van der Waals surface area contributed by atoms with E-state index in [0.717, 1.165) is 17.0 Å². The molecule has 2 N–H and O–H groups in total. The van der Waals surface area contributed by atoms with Gasteiger partial charge in [-0.2, -0.15) is 0 Å². The summed E-state index contributed by atoms with van der Waals surface area (Å²) in [4.78, 5) is 24.5. The van der Waals surface area contributed by atoms with Gasteiger partial charge < -0.3 is 20.0 Å². The van der Waals surface area contributed by atoms with E-state index in [0.29, 0.717) is 11.5 Å². The number of nitrogens with zero attached hydrogens (tertiary/aromatic N) is 4. The Hall–Kier alpha value is -2.51. The topological polar surface area (TPSA) is 89.8 Å². The monoisotopic (exact) mass is 344 g/mol. The van der Waals surface area contributed by atoms with Gasteiger partial charge in [0, 0.05) is 44.5 Å². The summed E-state index contributed by atoms with van der Waals surface area (Å²) in [6.45, 7) is 1.61. The number of aromatic nitrogens is 2. The van der Waals surface area contributed by atoms with E-state index >= 15 is 0 Å². The van der Waals surface area contributed by atoms with E-state index in [1.165, 1.54) is 4.90 Å². The molecule has 1 aromatic heterocycles. The van der Waals surface area contributed by atoms with E-state index in [-0.39, 0.29) is 19.1 Å². The summed E-state index contributed by atoms with van der Waals surface area (Å²) in [5.41, 5.74) is 3.06. The lowest BCUT2D eigenvalue weighted by molar-refractivity contribution is 0.0520. The molecule has 134 valence electrons. The van der Waals surface area contributed by atoms with Gasteiger partial charge in [0.15, 0.2) is 0 Å². The number of hydrogen-bond acceptors (Lipinski definition) is 6. The molecule has 2 aromatic rings. The van der Waals surface area contributed by atoms with Gasteiger partial charge in [0.1, 0.15) is 0 Å². The van der Waals surface area contributed by atoms with Crippen molar-refractivity contribution >= 4 is 11.9 Å². The van der Waals surface area contributed by atoms with Crippen LogP contribution in [0.4, 0.5) is 5.95 Å². The van der Waals surface area contributed by atoms with Crippen LogP contribution in [-0.4, -0.2) is 71.4 Å². The molecule has 0 bridgehead atoms. The highest BCUT2D eigenvalue weighted by Gasteiger charge is 2.15. The summed E-state index contributed by atoms with van der Waals surface area (Å²) >= 11 is 0. The van der Waals surface area contributed by atoms with Crippen LogP contribution in [0.5, 0.6) is 0 Å². The van der Waals surface area contributed by atoms with Crippen molar-refractivity contribution in [3.63, 3.8) is 0 Å². The molecule has 1 amide bonds. The number of aliphatic hydroxyl groups excluding tert-OH is 2. The third-order valence-electron chi connectivity index (χ3n) is 3.71. The summed E-state index contributed by atoms with van der Waals surface area (Å²) in [5, 5.41) is 18.3. The fraction of sp³-hybridized carbons (Fsp3) is 0.389. The summed E-state index contributed by atoms with van der Waals surface area (Å²) in [5.74, 6) is 0.416. The van der Waals surface area contributed by atoms with Crippen LogP contribution >= 0.6 is 0 Å². The van der Waals surface area contributed by atoms with E-state index in [9.17, 15) is 9.90 Å². The zero-order valence-electron chi connectivity index (χ0n) is 15.0. The fourth-order valence-corrected chi connectivity index (χ4v) is 2.36. The van der Waals surface area contributed by atoms with Crippen LogP contribution in [-0.2, 0) is 0 Å². The smallest absolute Gasteiger partial charge is 0.253 e. The molecule has 1 atom stereocenters. The Kier molecular flexibility index (Phi) is 6.06. The highest BCUT2D eigenvalue weighted by atomic mass is 16.3. The van der Waals surface area contributed by atoms with E-state index in [2.05, 4.69) is 9.97 Å². The third kappa shape index (κ3) is 4.74. The summed E-state index contributed by atoms with van der Waals surface area (Å²) in [7, 11) is 5.36. The molecule has 1 unspecified atom stereocenters. The van der Waals surface area contributed by atoms with Gasteiger partial charge in [-0.05, 0) is 25.1 Å². The van der Waals surface area contributed by atoms with Crippen molar-refractivity contribution in [2.45, 2.75) is 13.0 Å². The maximum atomic E-state index is 12.3. The highest BCUT2D eigenvalue weighted by molar-refractivity contribution is 5.94. The van der Waals surface area contributed by atoms with Crippen LogP contribution in [0.1, 0.15) is 16.1 Å². The van der Waals surface area contributed by atoms with Crippen molar-refractivity contribution in [2.75, 3.05) is 39.2 Å². The van der Waals surface area contributed by atoms with E-state index < -0.39 is 6.10 Å². The number of carbonyl (C=O) groups is 1. The lowest BCUT2D eigenvalue weighted by atomic mass is 10.1. The third-order valence-corrected chi connectivity index (χ3v) is 3.71. The summed E-state index contributed by atoms with van der Waals surface area (Å²) < 4.78 is 0. The minimum Gasteiger partial charge on any atom is -0.394 e. The lowest BCUT2D eigenvalue weighted by Crippen LogP contribution is -2.35.